The first-order chi connectivity index (χ1) is 10.2. The molecule has 0 bridgehead atoms. The molecule has 1 aromatic carbocycles. The molecule has 6 nitrogen and oxygen atoms in total. The van der Waals surface area contributed by atoms with Gasteiger partial charge in [0.25, 0.3) is 0 Å². The molecule has 0 radical (unpaired) electrons. The third-order valence-corrected chi connectivity index (χ3v) is 3.94. The Labute approximate surface area is 129 Å². The molecular formula is C16H19N3O3. The van der Waals surface area contributed by atoms with E-state index in [1.54, 1.807) is 6.07 Å². The van der Waals surface area contributed by atoms with Crippen molar-refractivity contribution in [1.29, 1.82) is 5.26 Å². The molecule has 0 saturated carbocycles. The lowest BCUT2D eigenvalue weighted by atomic mass is 9.80. The molecule has 1 aliphatic heterocycles. The van der Waals surface area contributed by atoms with E-state index in [4.69, 9.17) is 10.5 Å². The Morgan fingerprint density at radius 3 is 2.59 bits per heavy atom. The first-order valence-corrected chi connectivity index (χ1v) is 7.02. The van der Waals surface area contributed by atoms with E-state index in [1.165, 1.54) is 6.92 Å². The van der Waals surface area contributed by atoms with E-state index in [2.05, 4.69) is 20.8 Å². The molecule has 2 rings (SSSR count). The maximum atomic E-state index is 11.3. The summed E-state index contributed by atoms with van der Waals surface area (Å²) in [4.78, 5) is 10.9. The third kappa shape index (κ3) is 2.62. The molecule has 2 atom stereocenters. The number of hydrogen-bond donors (Lipinski definition) is 1. The molecule has 0 amide bonds. The summed E-state index contributed by atoms with van der Waals surface area (Å²) >= 11 is 0. The van der Waals surface area contributed by atoms with Crippen LogP contribution in [0.5, 0.6) is 5.75 Å². The topological polar surface area (TPSA) is 102 Å². The Balaban J connectivity index is 2.66. The normalized spacial score (nSPS) is 19.0. The molecule has 1 aliphatic rings. The molecule has 0 spiro atoms. The largest absolute Gasteiger partial charge is 0.440 e. The predicted octanol–water partition coefficient (Wildman–Crippen LogP) is 2.82. The molecule has 0 fully saturated rings. The molecule has 0 aliphatic carbocycles. The zero-order valence-electron chi connectivity index (χ0n) is 13.1. The van der Waals surface area contributed by atoms with Crippen molar-refractivity contribution in [3.8, 4) is 11.8 Å². The van der Waals surface area contributed by atoms with Gasteiger partial charge in [0.2, 0.25) is 11.9 Å². The number of hydrogen-bond acceptors (Lipinski definition) is 5. The summed E-state index contributed by atoms with van der Waals surface area (Å²) < 4.78 is 5.48. The van der Waals surface area contributed by atoms with E-state index >= 15 is 0 Å². The van der Waals surface area contributed by atoms with Crippen LogP contribution in [0.3, 0.4) is 0 Å². The van der Waals surface area contributed by atoms with Crippen LogP contribution in [0.2, 0.25) is 0 Å². The fraction of sp³-hybridized carbons (Fsp3) is 0.438. The summed E-state index contributed by atoms with van der Waals surface area (Å²) in [5, 5.41) is 20.6. The number of nitro groups is 1. The number of rotatable bonds is 2. The van der Waals surface area contributed by atoms with Crippen molar-refractivity contribution in [3.05, 3.63) is 50.9 Å². The lowest BCUT2D eigenvalue weighted by Crippen LogP contribution is -2.31. The molecule has 0 saturated heterocycles. The molecule has 1 aromatic rings. The van der Waals surface area contributed by atoms with Crippen molar-refractivity contribution in [2.24, 2.45) is 5.73 Å². The van der Waals surface area contributed by atoms with Gasteiger partial charge in [-0.3, -0.25) is 10.1 Å². The minimum atomic E-state index is -0.967. The van der Waals surface area contributed by atoms with E-state index < -0.39 is 16.9 Å². The SMILES string of the molecule is CC(C1C(C#N)=C(N)Oc2ccc(C(C)(C)C)cc21)[N+](=O)[O-]. The van der Waals surface area contributed by atoms with Crippen LogP contribution >= 0.6 is 0 Å². The Kier molecular flexibility index (Phi) is 3.84. The van der Waals surface area contributed by atoms with E-state index in [1.807, 2.05) is 18.2 Å². The molecule has 2 unspecified atom stereocenters. The maximum absolute atomic E-state index is 11.3. The lowest BCUT2D eigenvalue weighted by Gasteiger charge is -2.29. The monoisotopic (exact) mass is 301 g/mol. The quantitative estimate of drug-likeness (QED) is 0.668. The van der Waals surface area contributed by atoms with Crippen LogP contribution in [-0.2, 0) is 5.41 Å². The highest BCUT2D eigenvalue weighted by atomic mass is 16.6. The van der Waals surface area contributed by atoms with E-state index in [0.717, 1.165) is 5.56 Å². The van der Waals surface area contributed by atoms with Crippen molar-refractivity contribution in [2.45, 2.75) is 45.1 Å². The number of nitriles is 1. The summed E-state index contributed by atoms with van der Waals surface area (Å²) in [6.07, 6.45) is 0. The maximum Gasteiger partial charge on any atom is 0.222 e. The van der Waals surface area contributed by atoms with Crippen molar-refractivity contribution in [2.75, 3.05) is 0 Å². The van der Waals surface area contributed by atoms with Crippen LogP contribution in [0.4, 0.5) is 0 Å². The zero-order chi connectivity index (χ0) is 16.7. The van der Waals surface area contributed by atoms with Gasteiger partial charge in [0.1, 0.15) is 17.4 Å². The minimum absolute atomic E-state index is 0.0581. The van der Waals surface area contributed by atoms with Crippen molar-refractivity contribution >= 4 is 0 Å². The average Bonchev–Trinajstić information content (AvgIpc) is 2.43. The van der Waals surface area contributed by atoms with Gasteiger partial charge in [-0.1, -0.05) is 32.9 Å². The number of nitrogens with zero attached hydrogens (tertiary/aromatic N) is 2. The van der Waals surface area contributed by atoms with E-state index in [-0.39, 0.29) is 16.9 Å². The summed E-state index contributed by atoms with van der Waals surface area (Å²) in [5.74, 6) is -0.286. The number of fused-ring (bicyclic) bond motifs is 1. The van der Waals surface area contributed by atoms with Crippen LogP contribution < -0.4 is 10.5 Å². The van der Waals surface area contributed by atoms with Gasteiger partial charge in [0, 0.05) is 17.4 Å². The highest BCUT2D eigenvalue weighted by Gasteiger charge is 2.39. The summed E-state index contributed by atoms with van der Waals surface area (Å²) in [7, 11) is 0. The van der Waals surface area contributed by atoms with E-state index in [0.29, 0.717) is 11.3 Å². The predicted molar refractivity (Wildman–Crippen MR) is 81.8 cm³/mol. The van der Waals surface area contributed by atoms with Crippen LogP contribution in [-0.4, -0.2) is 11.0 Å². The molecule has 1 heterocycles. The highest BCUT2D eigenvalue weighted by molar-refractivity contribution is 5.52. The first-order valence-electron chi connectivity index (χ1n) is 7.02. The molecule has 116 valence electrons. The Bertz CT molecular complexity index is 696. The Hall–Kier alpha value is -2.55. The van der Waals surface area contributed by atoms with Gasteiger partial charge in [-0.2, -0.15) is 5.26 Å². The number of benzene rings is 1. The van der Waals surface area contributed by atoms with Crippen molar-refractivity contribution in [3.63, 3.8) is 0 Å². The standard InChI is InChI=1S/C16H19N3O3/c1-9(19(20)21)14-11-7-10(16(2,3)4)5-6-13(11)22-15(18)12(14)8-17/h5-7,9,14H,18H2,1-4H3. The van der Waals surface area contributed by atoms with Crippen LogP contribution in [0.15, 0.2) is 29.7 Å². The van der Waals surface area contributed by atoms with Gasteiger partial charge in [-0.15, -0.1) is 0 Å². The van der Waals surface area contributed by atoms with Gasteiger partial charge in [0.05, 0.1) is 5.92 Å². The van der Waals surface area contributed by atoms with Crippen LogP contribution in [0.25, 0.3) is 0 Å². The summed E-state index contributed by atoms with van der Waals surface area (Å²) in [6.45, 7) is 7.65. The average molecular weight is 301 g/mol. The fourth-order valence-electron chi connectivity index (χ4n) is 2.58. The number of ether oxygens (including phenoxy) is 1. The smallest absolute Gasteiger partial charge is 0.222 e. The minimum Gasteiger partial charge on any atom is -0.440 e. The van der Waals surface area contributed by atoms with Crippen molar-refractivity contribution in [1.82, 2.24) is 0 Å². The first kappa shape index (κ1) is 15.8. The summed E-state index contributed by atoms with van der Waals surface area (Å²) in [5.41, 5.74) is 7.43. The van der Waals surface area contributed by atoms with Crippen LogP contribution in [0.1, 0.15) is 44.7 Å². The third-order valence-electron chi connectivity index (χ3n) is 3.94. The van der Waals surface area contributed by atoms with Crippen LogP contribution in [0, 0.1) is 21.4 Å². The molecular weight excluding hydrogens is 282 g/mol. The molecule has 22 heavy (non-hydrogen) atoms. The van der Waals surface area contributed by atoms with Gasteiger partial charge >= 0.3 is 0 Å². The Morgan fingerprint density at radius 1 is 1.45 bits per heavy atom. The number of nitrogens with two attached hydrogens (primary N) is 1. The highest BCUT2D eigenvalue weighted by Crippen LogP contribution is 2.42. The van der Waals surface area contributed by atoms with Crippen molar-refractivity contribution < 1.29 is 9.66 Å². The second kappa shape index (κ2) is 5.34. The summed E-state index contributed by atoms with van der Waals surface area (Å²) in [6, 6.07) is 6.55. The van der Waals surface area contributed by atoms with E-state index in [9.17, 15) is 15.4 Å². The second-order valence-corrected chi connectivity index (χ2v) is 6.50. The molecule has 0 aromatic heterocycles. The zero-order valence-corrected chi connectivity index (χ0v) is 13.1. The fourth-order valence-corrected chi connectivity index (χ4v) is 2.58. The van der Waals surface area contributed by atoms with Gasteiger partial charge in [-0.05, 0) is 17.0 Å². The molecule has 2 N–H and O–H groups in total. The molecule has 6 heteroatoms. The lowest BCUT2D eigenvalue weighted by molar-refractivity contribution is -0.520. The van der Waals surface area contributed by atoms with Gasteiger partial charge in [0.15, 0.2) is 0 Å². The second-order valence-electron chi connectivity index (χ2n) is 6.50. The van der Waals surface area contributed by atoms with Gasteiger partial charge in [-0.25, -0.2) is 0 Å². The Morgan fingerprint density at radius 2 is 2.09 bits per heavy atom. The van der Waals surface area contributed by atoms with Gasteiger partial charge < -0.3 is 10.5 Å².